The number of benzene rings is 2. The number of nitrogens with one attached hydrogen (secondary N) is 1. The molecule has 1 aliphatic heterocycles. The Labute approximate surface area is 180 Å². The van der Waals surface area contributed by atoms with Crippen LogP contribution in [0.2, 0.25) is 0 Å². The lowest BCUT2D eigenvalue weighted by molar-refractivity contribution is -0.115. The zero-order valence-corrected chi connectivity index (χ0v) is 17.3. The molecule has 6 nitrogen and oxygen atoms in total. The Hall–Kier alpha value is -3.26. The molecule has 0 radical (unpaired) electrons. The number of rotatable bonds is 9. The number of nitrogens with zero attached hydrogens (tertiary/aromatic N) is 2. The van der Waals surface area contributed by atoms with Crippen molar-refractivity contribution in [2.24, 2.45) is 4.99 Å². The maximum Gasteiger partial charge on any atom is 0.160 e. The summed E-state index contributed by atoms with van der Waals surface area (Å²) in [6.45, 7) is 4.36. The van der Waals surface area contributed by atoms with Crippen molar-refractivity contribution in [2.45, 2.75) is 13.3 Å². The van der Waals surface area contributed by atoms with Crippen molar-refractivity contribution in [3.8, 4) is 5.75 Å². The first-order valence-electron chi connectivity index (χ1n) is 10.0. The molecule has 1 heterocycles. The van der Waals surface area contributed by atoms with Gasteiger partial charge >= 0.3 is 0 Å². The van der Waals surface area contributed by atoms with Gasteiger partial charge in [-0.1, -0.05) is 6.07 Å². The molecular formula is C23H25F2N3O3. The number of ether oxygens (including phenoxy) is 2. The number of ketones is 1. The van der Waals surface area contributed by atoms with Gasteiger partial charge in [-0.3, -0.25) is 4.79 Å². The fraction of sp³-hybridized carbons (Fsp3) is 0.304. The van der Waals surface area contributed by atoms with Crippen LogP contribution in [0.15, 0.2) is 59.2 Å². The predicted molar refractivity (Wildman–Crippen MR) is 116 cm³/mol. The molecule has 0 spiro atoms. The summed E-state index contributed by atoms with van der Waals surface area (Å²) in [6, 6.07) is 10.6. The molecule has 2 aromatic carbocycles. The number of carbonyl (C=O) groups is 1. The van der Waals surface area contributed by atoms with Crippen LogP contribution in [0.4, 0.5) is 20.2 Å². The third-order valence-electron chi connectivity index (χ3n) is 4.58. The van der Waals surface area contributed by atoms with Gasteiger partial charge in [0.25, 0.3) is 0 Å². The Bertz CT molecular complexity index is 957. The molecule has 1 saturated heterocycles. The van der Waals surface area contributed by atoms with Crippen LogP contribution in [0.5, 0.6) is 5.75 Å². The normalized spacial score (nSPS) is 14.7. The lowest BCUT2D eigenvalue weighted by Crippen LogP contribution is -2.36. The topological polar surface area (TPSA) is 63.2 Å². The van der Waals surface area contributed by atoms with Crippen LogP contribution in [0, 0.1) is 11.6 Å². The van der Waals surface area contributed by atoms with Crippen molar-refractivity contribution in [3.63, 3.8) is 0 Å². The second kappa shape index (κ2) is 11.2. The number of hydrogen-bond acceptors (Lipinski definition) is 5. The van der Waals surface area contributed by atoms with Gasteiger partial charge in [0.15, 0.2) is 5.78 Å². The molecular weight excluding hydrogens is 404 g/mol. The van der Waals surface area contributed by atoms with E-state index in [1.165, 1.54) is 30.6 Å². The summed E-state index contributed by atoms with van der Waals surface area (Å²) in [7, 11) is 0. The van der Waals surface area contributed by atoms with Gasteiger partial charge in [0.1, 0.15) is 17.4 Å². The van der Waals surface area contributed by atoms with Crippen LogP contribution in [0.1, 0.15) is 13.3 Å². The minimum atomic E-state index is -0.390. The zero-order chi connectivity index (χ0) is 22.1. The smallest absolute Gasteiger partial charge is 0.160 e. The highest BCUT2D eigenvalue weighted by Gasteiger charge is 2.15. The Kier molecular flexibility index (Phi) is 8.12. The molecule has 0 unspecified atom stereocenters. The number of aliphatic imine (C=N–C) groups is 1. The summed E-state index contributed by atoms with van der Waals surface area (Å²) < 4.78 is 38.1. The van der Waals surface area contributed by atoms with Gasteiger partial charge in [0.05, 0.1) is 37.5 Å². The number of hydrogen-bond donors (Lipinski definition) is 1. The Morgan fingerprint density at radius 1 is 1.23 bits per heavy atom. The van der Waals surface area contributed by atoms with Gasteiger partial charge in [-0.05, 0) is 31.2 Å². The number of halogens is 2. The maximum absolute atomic E-state index is 14.4. The van der Waals surface area contributed by atoms with E-state index in [2.05, 4.69) is 10.3 Å². The van der Waals surface area contributed by atoms with E-state index >= 15 is 0 Å². The fourth-order valence-electron chi connectivity index (χ4n) is 3.03. The van der Waals surface area contributed by atoms with Crippen molar-refractivity contribution < 1.29 is 23.0 Å². The molecule has 1 fully saturated rings. The highest BCUT2D eigenvalue weighted by Crippen LogP contribution is 2.24. The minimum Gasteiger partial charge on any atom is -0.493 e. The summed E-state index contributed by atoms with van der Waals surface area (Å²) >= 11 is 0. The zero-order valence-electron chi connectivity index (χ0n) is 17.3. The highest BCUT2D eigenvalue weighted by molar-refractivity contribution is 5.90. The average molecular weight is 429 g/mol. The van der Waals surface area contributed by atoms with E-state index in [9.17, 15) is 13.6 Å². The molecule has 3 rings (SSSR count). The molecule has 8 heteroatoms. The second-order valence-electron chi connectivity index (χ2n) is 6.99. The van der Waals surface area contributed by atoms with Crippen LogP contribution in [0.25, 0.3) is 0 Å². The predicted octanol–water partition coefficient (Wildman–Crippen LogP) is 3.99. The Morgan fingerprint density at radius 2 is 2.03 bits per heavy atom. The van der Waals surface area contributed by atoms with Gasteiger partial charge in [0.2, 0.25) is 0 Å². The van der Waals surface area contributed by atoms with Crippen LogP contribution in [-0.4, -0.2) is 45.0 Å². The number of carbonyl (C=O) groups excluding carboxylic acids is 1. The van der Waals surface area contributed by atoms with Crippen molar-refractivity contribution in [2.75, 3.05) is 37.8 Å². The van der Waals surface area contributed by atoms with Crippen molar-refractivity contribution in [1.82, 2.24) is 5.32 Å². The quantitative estimate of drug-likeness (QED) is 0.371. The molecule has 0 bridgehead atoms. The van der Waals surface area contributed by atoms with Gasteiger partial charge in [-0.2, -0.15) is 0 Å². The average Bonchev–Trinajstić information content (AvgIpc) is 2.74. The fourth-order valence-corrected chi connectivity index (χ4v) is 3.03. The molecule has 1 N–H and O–H groups in total. The van der Waals surface area contributed by atoms with Gasteiger partial charge in [-0.15, -0.1) is 0 Å². The van der Waals surface area contributed by atoms with Crippen molar-refractivity contribution in [1.29, 1.82) is 0 Å². The lowest BCUT2D eigenvalue weighted by Gasteiger charge is -2.29. The van der Waals surface area contributed by atoms with Crippen LogP contribution < -0.4 is 15.0 Å². The molecule has 2 aromatic rings. The third-order valence-corrected chi connectivity index (χ3v) is 4.58. The van der Waals surface area contributed by atoms with Crippen molar-refractivity contribution in [3.05, 3.63) is 65.9 Å². The molecule has 0 atom stereocenters. The lowest BCUT2D eigenvalue weighted by atomic mass is 10.2. The van der Waals surface area contributed by atoms with Crippen LogP contribution >= 0.6 is 0 Å². The molecule has 1 aliphatic rings. The van der Waals surface area contributed by atoms with E-state index in [-0.39, 0.29) is 24.6 Å². The number of morpholine rings is 1. The summed E-state index contributed by atoms with van der Waals surface area (Å²) in [6.07, 6.45) is 3.00. The summed E-state index contributed by atoms with van der Waals surface area (Å²) in [5.41, 5.74) is 1.59. The summed E-state index contributed by atoms with van der Waals surface area (Å²) in [4.78, 5) is 18.1. The van der Waals surface area contributed by atoms with Gasteiger partial charge in [0, 0.05) is 43.4 Å². The van der Waals surface area contributed by atoms with E-state index in [1.54, 1.807) is 31.2 Å². The molecule has 0 aromatic heterocycles. The SMILES string of the molecule is C/C(=C/C(=O)CCOc1cccc(F)c1)NC=Nc1ccc(N2CCOCC2)c(F)c1. The van der Waals surface area contributed by atoms with E-state index < -0.39 is 5.82 Å². The van der Waals surface area contributed by atoms with Crippen LogP contribution in [0.3, 0.4) is 0 Å². The largest absolute Gasteiger partial charge is 0.493 e. The van der Waals surface area contributed by atoms with Gasteiger partial charge < -0.3 is 19.7 Å². The first-order chi connectivity index (χ1) is 15.0. The van der Waals surface area contributed by atoms with E-state index in [0.717, 1.165) is 0 Å². The third kappa shape index (κ3) is 7.18. The molecule has 31 heavy (non-hydrogen) atoms. The van der Waals surface area contributed by atoms with E-state index in [0.29, 0.717) is 49.1 Å². The number of anilines is 1. The first kappa shape index (κ1) is 22.4. The van der Waals surface area contributed by atoms with E-state index in [1.807, 2.05) is 4.90 Å². The minimum absolute atomic E-state index is 0.143. The molecule has 0 saturated carbocycles. The monoisotopic (exact) mass is 429 g/mol. The number of allylic oxidation sites excluding steroid dienone is 2. The van der Waals surface area contributed by atoms with E-state index in [4.69, 9.17) is 9.47 Å². The highest BCUT2D eigenvalue weighted by atomic mass is 19.1. The Morgan fingerprint density at radius 3 is 2.77 bits per heavy atom. The molecule has 0 amide bonds. The maximum atomic E-state index is 14.4. The molecule has 164 valence electrons. The standard InChI is InChI=1S/C23H25F2N3O3/c1-17(13-20(29)7-10-31-21-4-2-3-18(24)14-21)26-16-27-19-5-6-23(22(25)15-19)28-8-11-30-12-9-28/h2-6,13-16H,7-12H2,1H3,(H,26,27)/b17-13-. The Balaban J connectivity index is 1.45. The molecule has 0 aliphatic carbocycles. The van der Waals surface area contributed by atoms with Crippen LogP contribution in [-0.2, 0) is 9.53 Å². The summed E-state index contributed by atoms with van der Waals surface area (Å²) in [5, 5.41) is 2.88. The van der Waals surface area contributed by atoms with Gasteiger partial charge in [-0.25, -0.2) is 13.8 Å². The first-order valence-corrected chi connectivity index (χ1v) is 10.0. The summed E-state index contributed by atoms with van der Waals surface area (Å²) in [5.74, 6) is -0.489. The second-order valence-corrected chi connectivity index (χ2v) is 6.99. The van der Waals surface area contributed by atoms with Crippen molar-refractivity contribution >= 4 is 23.5 Å².